The second-order valence-corrected chi connectivity index (χ2v) is 5.64. The second kappa shape index (κ2) is 5.10. The van der Waals surface area contributed by atoms with E-state index in [0.717, 1.165) is 22.4 Å². The molecule has 21 heavy (non-hydrogen) atoms. The fourth-order valence-corrected chi connectivity index (χ4v) is 2.77. The highest BCUT2D eigenvalue weighted by Crippen LogP contribution is 2.21. The molecule has 0 aliphatic heterocycles. The van der Waals surface area contributed by atoms with Gasteiger partial charge < -0.3 is 0 Å². The lowest BCUT2D eigenvalue weighted by molar-refractivity contribution is 0.589. The predicted octanol–water partition coefficient (Wildman–Crippen LogP) is 1.47. The van der Waals surface area contributed by atoms with Crippen LogP contribution in [0.2, 0.25) is 0 Å². The normalized spacial score (nSPS) is 11.4. The maximum absolute atomic E-state index is 12.5. The topological polar surface area (TPSA) is 70.5 Å². The van der Waals surface area contributed by atoms with Gasteiger partial charge in [-0.25, -0.2) is 4.98 Å². The summed E-state index contributed by atoms with van der Waals surface area (Å²) >= 11 is 3.54. The molecule has 0 radical (unpaired) electrons. The Labute approximate surface area is 129 Å². The van der Waals surface area contributed by atoms with Crippen LogP contribution in [0.1, 0.15) is 18.3 Å². The Morgan fingerprint density at radius 1 is 1.38 bits per heavy atom. The molecule has 7 nitrogen and oxygen atoms in total. The number of halogens is 1. The van der Waals surface area contributed by atoms with Crippen LogP contribution in [0.25, 0.3) is 11.0 Å². The lowest BCUT2D eigenvalue weighted by Crippen LogP contribution is -2.22. The number of hydrogen-bond acceptors (Lipinski definition) is 4. The smallest absolute Gasteiger partial charge is 0.264 e. The molecule has 110 valence electrons. The number of aromatic nitrogens is 6. The van der Waals surface area contributed by atoms with Gasteiger partial charge in [-0.2, -0.15) is 10.2 Å². The summed E-state index contributed by atoms with van der Waals surface area (Å²) in [6.07, 6.45) is 3.11. The highest BCUT2D eigenvalue weighted by atomic mass is 79.9. The summed E-state index contributed by atoms with van der Waals surface area (Å²) in [4.78, 5) is 16.8. The van der Waals surface area contributed by atoms with E-state index in [-0.39, 0.29) is 5.56 Å². The van der Waals surface area contributed by atoms with Crippen LogP contribution in [0.3, 0.4) is 0 Å². The van der Waals surface area contributed by atoms with E-state index in [1.807, 2.05) is 18.5 Å². The van der Waals surface area contributed by atoms with E-state index in [0.29, 0.717) is 17.6 Å². The largest absolute Gasteiger partial charge is 0.292 e. The van der Waals surface area contributed by atoms with E-state index in [1.54, 1.807) is 28.8 Å². The number of fused-ring (bicyclic) bond motifs is 1. The standard InChI is InChI=1S/C13H15BrN6O/c1-4-20-10(11(14)8(2)17-20)6-19-7-15-12-9(13(19)21)5-16-18(12)3/h5,7H,4,6H2,1-3H3. The van der Waals surface area contributed by atoms with Crippen molar-refractivity contribution in [2.75, 3.05) is 0 Å². The van der Waals surface area contributed by atoms with Crippen LogP contribution < -0.4 is 5.56 Å². The molecule has 0 aliphatic carbocycles. The van der Waals surface area contributed by atoms with E-state index >= 15 is 0 Å². The molecule has 0 atom stereocenters. The van der Waals surface area contributed by atoms with Crippen molar-refractivity contribution in [1.29, 1.82) is 0 Å². The molecule has 0 saturated heterocycles. The van der Waals surface area contributed by atoms with E-state index in [1.165, 1.54) is 0 Å². The molecule has 3 aromatic heterocycles. The molecule has 0 fully saturated rings. The molecule has 8 heteroatoms. The highest BCUT2D eigenvalue weighted by molar-refractivity contribution is 9.10. The lowest BCUT2D eigenvalue weighted by atomic mass is 10.3. The minimum atomic E-state index is -0.0958. The summed E-state index contributed by atoms with van der Waals surface area (Å²) in [6, 6.07) is 0. The Hall–Kier alpha value is -1.96. The van der Waals surface area contributed by atoms with Crippen molar-refractivity contribution in [3.63, 3.8) is 0 Å². The number of aryl methyl sites for hydroxylation is 3. The molecule has 0 unspecified atom stereocenters. The van der Waals surface area contributed by atoms with Gasteiger partial charge >= 0.3 is 0 Å². The molecular weight excluding hydrogens is 336 g/mol. The van der Waals surface area contributed by atoms with Gasteiger partial charge in [-0.3, -0.25) is 18.7 Å². The van der Waals surface area contributed by atoms with Crippen LogP contribution in [0, 0.1) is 6.92 Å². The van der Waals surface area contributed by atoms with Crippen molar-refractivity contribution < 1.29 is 0 Å². The average molecular weight is 351 g/mol. The summed E-state index contributed by atoms with van der Waals surface area (Å²) in [5.74, 6) is 0. The Morgan fingerprint density at radius 2 is 2.14 bits per heavy atom. The first-order valence-corrected chi connectivity index (χ1v) is 7.41. The zero-order valence-electron chi connectivity index (χ0n) is 12.0. The van der Waals surface area contributed by atoms with E-state index < -0.39 is 0 Å². The van der Waals surface area contributed by atoms with Crippen molar-refractivity contribution in [3.8, 4) is 0 Å². The molecule has 3 heterocycles. The highest BCUT2D eigenvalue weighted by Gasteiger charge is 2.15. The first-order chi connectivity index (χ1) is 10.0. The monoisotopic (exact) mass is 350 g/mol. The number of nitrogens with zero attached hydrogens (tertiary/aromatic N) is 6. The van der Waals surface area contributed by atoms with Gasteiger partial charge in [0.1, 0.15) is 11.7 Å². The predicted molar refractivity (Wildman–Crippen MR) is 82.2 cm³/mol. The zero-order valence-corrected chi connectivity index (χ0v) is 13.6. The number of hydrogen-bond donors (Lipinski definition) is 0. The fraction of sp³-hybridized carbons (Fsp3) is 0.385. The van der Waals surface area contributed by atoms with Crippen molar-refractivity contribution >= 4 is 27.0 Å². The summed E-state index contributed by atoms with van der Waals surface area (Å²) in [5.41, 5.74) is 2.37. The summed E-state index contributed by atoms with van der Waals surface area (Å²) in [5, 5.41) is 9.04. The molecule has 0 saturated carbocycles. The third-order valence-corrected chi connectivity index (χ3v) is 4.52. The Bertz CT molecular complexity index is 875. The van der Waals surface area contributed by atoms with Crippen molar-refractivity contribution in [1.82, 2.24) is 29.1 Å². The molecular formula is C13H15BrN6O. The van der Waals surface area contributed by atoms with Crippen molar-refractivity contribution in [2.45, 2.75) is 26.9 Å². The molecule has 3 aromatic rings. The van der Waals surface area contributed by atoms with Crippen LogP contribution in [-0.2, 0) is 20.1 Å². The third-order valence-electron chi connectivity index (χ3n) is 3.49. The number of rotatable bonds is 3. The molecule has 0 N–H and O–H groups in total. The van der Waals surface area contributed by atoms with Crippen LogP contribution in [-0.4, -0.2) is 29.1 Å². The minimum absolute atomic E-state index is 0.0958. The SMILES string of the molecule is CCn1nc(C)c(Br)c1Cn1cnc2c(cnn2C)c1=O. The zero-order chi connectivity index (χ0) is 15.1. The van der Waals surface area contributed by atoms with Gasteiger partial charge in [-0.1, -0.05) is 0 Å². The van der Waals surface area contributed by atoms with Crippen LogP contribution in [0.5, 0.6) is 0 Å². The third kappa shape index (κ3) is 2.19. The average Bonchev–Trinajstić information content (AvgIpc) is 2.97. The minimum Gasteiger partial charge on any atom is -0.292 e. The molecule has 3 rings (SSSR count). The van der Waals surface area contributed by atoms with Gasteiger partial charge in [0.25, 0.3) is 5.56 Å². The van der Waals surface area contributed by atoms with Crippen LogP contribution >= 0.6 is 15.9 Å². The molecule has 0 spiro atoms. The van der Waals surface area contributed by atoms with Gasteiger partial charge in [0, 0.05) is 13.6 Å². The summed E-state index contributed by atoms with van der Waals surface area (Å²) in [7, 11) is 1.77. The van der Waals surface area contributed by atoms with Gasteiger partial charge in [0.15, 0.2) is 5.65 Å². The molecule has 0 aromatic carbocycles. The van der Waals surface area contributed by atoms with E-state index in [9.17, 15) is 4.79 Å². The van der Waals surface area contributed by atoms with Crippen LogP contribution in [0.15, 0.2) is 21.8 Å². The van der Waals surface area contributed by atoms with E-state index in [4.69, 9.17) is 0 Å². The Morgan fingerprint density at radius 3 is 2.86 bits per heavy atom. The van der Waals surface area contributed by atoms with Crippen molar-refractivity contribution in [2.24, 2.45) is 7.05 Å². The molecule has 0 aliphatic rings. The summed E-state index contributed by atoms with van der Waals surface area (Å²) < 4.78 is 6.00. The van der Waals surface area contributed by atoms with Crippen LogP contribution in [0.4, 0.5) is 0 Å². The molecule has 0 amide bonds. The quantitative estimate of drug-likeness (QED) is 0.717. The van der Waals surface area contributed by atoms with E-state index in [2.05, 4.69) is 31.1 Å². The second-order valence-electron chi connectivity index (χ2n) is 4.84. The maximum Gasteiger partial charge on any atom is 0.264 e. The first-order valence-electron chi connectivity index (χ1n) is 6.61. The Kier molecular flexibility index (Phi) is 3.40. The fourth-order valence-electron chi connectivity index (χ4n) is 2.36. The van der Waals surface area contributed by atoms with Crippen molar-refractivity contribution in [3.05, 3.63) is 38.7 Å². The summed E-state index contributed by atoms with van der Waals surface area (Å²) in [6.45, 7) is 5.13. The Balaban J connectivity index is 2.11. The maximum atomic E-state index is 12.5. The first kappa shape index (κ1) is 14.0. The van der Waals surface area contributed by atoms with Gasteiger partial charge in [-0.05, 0) is 29.8 Å². The lowest BCUT2D eigenvalue weighted by Gasteiger charge is -2.08. The molecule has 0 bridgehead atoms. The van der Waals surface area contributed by atoms with Gasteiger partial charge in [0.05, 0.1) is 28.6 Å². The van der Waals surface area contributed by atoms with Gasteiger partial charge in [0.2, 0.25) is 0 Å². The van der Waals surface area contributed by atoms with Gasteiger partial charge in [-0.15, -0.1) is 0 Å².